The van der Waals surface area contributed by atoms with Gasteiger partial charge in [0.15, 0.2) is 0 Å². The maximum atomic E-state index is 5.99. The van der Waals surface area contributed by atoms with Crippen molar-refractivity contribution in [1.29, 1.82) is 0 Å². The Morgan fingerprint density at radius 2 is 1.63 bits per heavy atom. The second-order valence-corrected chi connectivity index (χ2v) is 4.94. The number of nitrogens with one attached hydrogen (secondary N) is 1. The normalized spacial score (nSPS) is 23.2. The molecule has 3 rings (SSSR count). The van der Waals surface area contributed by atoms with Crippen molar-refractivity contribution in [2.24, 2.45) is 0 Å². The maximum absolute atomic E-state index is 5.99. The average molecular weight is 253 g/mol. The zero-order valence-electron chi connectivity index (χ0n) is 11.0. The predicted octanol–water partition coefficient (Wildman–Crippen LogP) is 2.96. The summed E-state index contributed by atoms with van der Waals surface area (Å²) in [6, 6.07) is 21.4. The van der Waals surface area contributed by atoms with Gasteiger partial charge in [-0.15, -0.1) is 0 Å². The van der Waals surface area contributed by atoms with E-state index in [1.54, 1.807) is 0 Å². The number of morpholine rings is 1. The van der Waals surface area contributed by atoms with Crippen LogP contribution in [0, 0.1) is 0 Å². The van der Waals surface area contributed by atoms with Crippen molar-refractivity contribution in [2.45, 2.75) is 18.6 Å². The molecule has 0 spiro atoms. The minimum atomic E-state index is 0.207. The summed E-state index contributed by atoms with van der Waals surface area (Å²) < 4.78 is 5.99. The Kier molecular flexibility index (Phi) is 3.92. The van der Waals surface area contributed by atoms with Crippen molar-refractivity contribution < 1.29 is 4.74 Å². The zero-order chi connectivity index (χ0) is 12.9. The minimum Gasteiger partial charge on any atom is -0.375 e. The van der Waals surface area contributed by atoms with Gasteiger partial charge in [-0.2, -0.15) is 0 Å². The molecule has 0 bridgehead atoms. The molecule has 2 atom stereocenters. The molecule has 0 aliphatic carbocycles. The fraction of sp³-hybridized carbons (Fsp3) is 0.294. The van der Waals surface area contributed by atoms with E-state index in [0.29, 0.717) is 0 Å². The Morgan fingerprint density at radius 1 is 0.947 bits per heavy atom. The molecule has 0 amide bonds. The van der Waals surface area contributed by atoms with Crippen molar-refractivity contribution in [3.63, 3.8) is 0 Å². The predicted molar refractivity (Wildman–Crippen MR) is 77.1 cm³/mol. The quantitative estimate of drug-likeness (QED) is 0.908. The first-order chi connectivity index (χ1) is 9.43. The first-order valence-electron chi connectivity index (χ1n) is 6.87. The summed E-state index contributed by atoms with van der Waals surface area (Å²) in [6.45, 7) is 1.71. The number of hydrogen-bond acceptors (Lipinski definition) is 2. The highest BCUT2D eigenvalue weighted by molar-refractivity contribution is 5.23. The molecule has 2 unspecified atom stereocenters. The molecule has 2 heteroatoms. The Bertz CT molecular complexity index is 497. The van der Waals surface area contributed by atoms with Gasteiger partial charge in [-0.3, -0.25) is 0 Å². The number of ether oxygens (including phenoxy) is 1. The van der Waals surface area contributed by atoms with Crippen LogP contribution in [-0.2, 0) is 11.2 Å². The SMILES string of the molecule is c1ccc(CC2OCCNC2c2ccccc2)cc1. The van der Waals surface area contributed by atoms with Crippen LogP contribution in [0.15, 0.2) is 60.7 Å². The van der Waals surface area contributed by atoms with Crippen LogP contribution in [0.1, 0.15) is 17.2 Å². The van der Waals surface area contributed by atoms with Crippen LogP contribution < -0.4 is 5.32 Å². The third-order valence-corrected chi connectivity index (χ3v) is 3.61. The van der Waals surface area contributed by atoms with E-state index in [-0.39, 0.29) is 12.1 Å². The Balaban J connectivity index is 1.78. The van der Waals surface area contributed by atoms with Crippen molar-refractivity contribution in [3.8, 4) is 0 Å². The lowest BCUT2D eigenvalue weighted by Gasteiger charge is -2.33. The van der Waals surface area contributed by atoms with E-state index >= 15 is 0 Å². The van der Waals surface area contributed by atoms with Gasteiger partial charge < -0.3 is 10.1 Å². The van der Waals surface area contributed by atoms with Gasteiger partial charge in [-0.05, 0) is 11.1 Å². The van der Waals surface area contributed by atoms with E-state index in [9.17, 15) is 0 Å². The van der Waals surface area contributed by atoms with Gasteiger partial charge in [0.25, 0.3) is 0 Å². The van der Waals surface area contributed by atoms with E-state index in [1.165, 1.54) is 11.1 Å². The molecule has 2 nitrogen and oxygen atoms in total. The number of benzene rings is 2. The van der Waals surface area contributed by atoms with Gasteiger partial charge in [0.05, 0.1) is 18.8 Å². The van der Waals surface area contributed by atoms with Gasteiger partial charge in [-0.25, -0.2) is 0 Å². The van der Waals surface area contributed by atoms with Crippen LogP contribution in [-0.4, -0.2) is 19.3 Å². The molecule has 0 saturated carbocycles. The molecule has 98 valence electrons. The molecule has 19 heavy (non-hydrogen) atoms. The van der Waals surface area contributed by atoms with Crippen molar-refractivity contribution in [1.82, 2.24) is 5.32 Å². The molecule has 1 heterocycles. The van der Waals surface area contributed by atoms with Crippen molar-refractivity contribution in [3.05, 3.63) is 71.8 Å². The summed E-state index contributed by atoms with van der Waals surface area (Å²) in [5, 5.41) is 3.58. The van der Waals surface area contributed by atoms with Crippen LogP contribution in [0.5, 0.6) is 0 Å². The van der Waals surface area contributed by atoms with Crippen LogP contribution in [0.3, 0.4) is 0 Å². The maximum Gasteiger partial charge on any atom is 0.0810 e. The van der Waals surface area contributed by atoms with Gasteiger partial charge in [-0.1, -0.05) is 60.7 Å². The third-order valence-electron chi connectivity index (χ3n) is 3.61. The summed E-state index contributed by atoms with van der Waals surface area (Å²) in [4.78, 5) is 0. The minimum absolute atomic E-state index is 0.207. The fourth-order valence-corrected chi connectivity index (χ4v) is 2.67. The third kappa shape index (κ3) is 3.03. The van der Waals surface area contributed by atoms with Gasteiger partial charge in [0.2, 0.25) is 0 Å². The highest BCUT2D eigenvalue weighted by Crippen LogP contribution is 2.24. The fourth-order valence-electron chi connectivity index (χ4n) is 2.67. The van der Waals surface area contributed by atoms with E-state index in [2.05, 4.69) is 66.0 Å². The largest absolute Gasteiger partial charge is 0.375 e. The summed E-state index contributed by atoms with van der Waals surface area (Å²) in [5.74, 6) is 0. The summed E-state index contributed by atoms with van der Waals surface area (Å²) in [7, 11) is 0. The van der Waals surface area contributed by atoms with Crippen LogP contribution >= 0.6 is 0 Å². The molecule has 1 saturated heterocycles. The second-order valence-electron chi connectivity index (χ2n) is 4.94. The highest BCUT2D eigenvalue weighted by atomic mass is 16.5. The lowest BCUT2D eigenvalue weighted by Crippen LogP contribution is -2.43. The Morgan fingerprint density at radius 3 is 2.37 bits per heavy atom. The summed E-state index contributed by atoms with van der Waals surface area (Å²) in [6.07, 6.45) is 1.16. The molecule has 1 N–H and O–H groups in total. The lowest BCUT2D eigenvalue weighted by molar-refractivity contribution is -0.00400. The van der Waals surface area contributed by atoms with E-state index in [1.807, 2.05) is 0 Å². The molecular weight excluding hydrogens is 234 g/mol. The Labute approximate surface area is 114 Å². The topological polar surface area (TPSA) is 21.3 Å². The zero-order valence-corrected chi connectivity index (χ0v) is 11.0. The average Bonchev–Trinajstić information content (AvgIpc) is 2.50. The summed E-state index contributed by atoms with van der Waals surface area (Å²) in [5.41, 5.74) is 2.64. The van der Waals surface area contributed by atoms with E-state index < -0.39 is 0 Å². The van der Waals surface area contributed by atoms with Crippen LogP contribution in [0.4, 0.5) is 0 Å². The smallest absolute Gasteiger partial charge is 0.0810 e. The molecule has 1 aliphatic rings. The molecule has 2 aromatic carbocycles. The van der Waals surface area contributed by atoms with Gasteiger partial charge >= 0.3 is 0 Å². The highest BCUT2D eigenvalue weighted by Gasteiger charge is 2.26. The molecule has 1 aliphatic heterocycles. The van der Waals surface area contributed by atoms with Gasteiger partial charge in [0.1, 0.15) is 0 Å². The molecule has 2 aromatic rings. The monoisotopic (exact) mass is 253 g/mol. The molecular formula is C17H19NO. The van der Waals surface area contributed by atoms with Gasteiger partial charge in [0, 0.05) is 13.0 Å². The van der Waals surface area contributed by atoms with Crippen molar-refractivity contribution in [2.75, 3.05) is 13.2 Å². The van der Waals surface area contributed by atoms with Crippen LogP contribution in [0.2, 0.25) is 0 Å². The van der Waals surface area contributed by atoms with E-state index in [0.717, 1.165) is 19.6 Å². The molecule has 0 radical (unpaired) electrons. The first-order valence-corrected chi connectivity index (χ1v) is 6.87. The molecule has 1 fully saturated rings. The number of hydrogen-bond donors (Lipinski definition) is 1. The lowest BCUT2D eigenvalue weighted by atomic mass is 9.95. The standard InChI is InChI=1S/C17H19NO/c1-3-7-14(8-4-1)13-16-17(18-11-12-19-16)15-9-5-2-6-10-15/h1-10,16-18H,11-13H2. The number of rotatable bonds is 3. The second kappa shape index (κ2) is 6.00. The van der Waals surface area contributed by atoms with Crippen LogP contribution in [0.25, 0.3) is 0 Å². The molecule has 0 aromatic heterocycles. The van der Waals surface area contributed by atoms with E-state index in [4.69, 9.17) is 4.74 Å². The first kappa shape index (κ1) is 12.4. The van der Waals surface area contributed by atoms with Crippen molar-refractivity contribution >= 4 is 0 Å². The Hall–Kier alpha value is -1.64. The summed E-state index contributed by atoms with van der Waals surface area (Å²) >= 11 is 0.